The number of unbranched alkanes of at least 4 members (excludes halogenated alkanes) is 6. The molecule has 202 valence electrons. The van der Waals surface area contributed by atoms with E-state index in [9.17, 15) is 0 Å². The normalized spacial score (nSPS) is 9.54. The van der Waals surface area contributed by atoms with Crippen LogP contribution in [-0.2, 0) is 0 Å². The molecular weight excluding hydrogens is 478 g/mol. The van der Waals surface area contributed by atoms with Crippen LogP contribution in [0.4, 0.5) is 17.1 Å². The molecule has 0 bridgehead atoms. The van der Waals surface area contributed by atoms with E-state index in [1.807, 2.05) is 30.3 Å². The molecule has 39 heavy (non-hydrogen) atoms. The van der Waals surface area contributed by atoms with E-state index in [2.05, 4.69) is 96.2 Å². The van der Waals surface area contributed by atoms with Crippen molar-refractivity contribution in [3.63, 3.8) is 0 Å². The van der Waals surface area contributed by atoms with Gasteiger partial charge in [0.1, 0.15) is 5.75 Å². The zero-order chi connectivity index (χ0) is 27.8. The fraction of sp³-hybridized carbons (Fsp3) is 0.257. The van der Waals surface area contributed by atoms with Crippen LogP contribution < -0.4 is 9.64 Å². The molecule has 1 aromatic heterocycles. The number of aromatic nitrogens is 1. The van der Waals surface area contributed by atoms with Gasteiger partial charge in [-0.2, -0.15) is 5.26 Å². The number of ether oxygens (including phenoxy) is 1. The third-order valence-corrected chi connectivity index (χ3v) is 5.80. The molecule has 4 aromatic rings. The van der Waals surface area contributed by atoms with Gasteiger partial charge in [-0.05, 0) is 67.1 Å². The molecule has 0 fully saturated rings. The van der Waals surface area contributed by atoms with Gasteiger partial charge in [0.05, 0.1) is 12.7 Å². The highest BCUT2D eigenvalue weighted by molar-refractivity contribution is 5.76. The van der Waals surface area contributed by atoms with Crippen molar-refractivity contribution in [3.8, 4) is 11.8 Å². The van der Waals surface area contributed by atoms with E-state index in [1.54, 1.807) is 18.5 Å². The molecule has 0 saturated heterocycles. The third kappa shape index (κ3) is 13.1. The summed E-state index contributed by atoms with van der Waals surface area (Å²) < 4.78 is 5.96. The van der Waals surface area contributed by atoms with E-state index in [1.165, 1.54) is 44.6 Å². The van der Waals surface area contributed by atoms with Crippen LogP contribution in [-0.4, -0.2) is 11.6 Å². The molecule has 0 aliphatic carbocycles. The quantitative estimate of drug-likeness (QED) is 0.138. The lowest BCUT2D eigenvalue weighted by Crippen LogP contribution is -2.09. The molecule has 4 nitrogen and oxygen atoms in total. The molecule has 0 saturated carbocycles. The smallest absolute Gasteiger partial charge is 0.119 e. The summed E-state index contributed by atoms with van der Waals surface area (Å²) >= 11 is 0. The van der Waals surface area contributed by atoms with E-state index in [-0.39, 0.29) is 0 Å². The average Bonchev–Trinajstić information content (AvgIpc) is 3.02. The largest absolute Gasteiger partial charge is 0.494 e. The van der Waals surface area contributed by atoms with E-state index < -0.39 is 0 Å². The van der Waals surface area contributed by atoms with Crippen molar-refractivity contribution in [1.29, 1.82) is 5.26 Å². The minimum Gasteiger partial charge on any atom is -0.494 e. The molecule has 0 unspecified atom stereocenters. The Labute approximate surface area is 235 Å². The Morgan fingerprint density at radius 1 is 0.692 bits per heavy atom. The van der Waals surface area contributed by atoms with Crippen LogP contribution in [0.15, 0.2) is 128 Å². The van der Waals surface area contributed by atoms with Gasteiger partial charge in [-0.15, -0.1) is 0 Å². The van der Waals surface area contributed by atoms with Gasteiger partial charge in [0.25, 0.3) is 0 Å². The number of hydrogen-bond donors (Lipinski definition) is 0. The van der Waals surface area contributed by atoms with E-state index in [4.69, 9.17) is 10.00 Å². The predicted octanol–water partition coefficient (Wildman–Crippen LogP) is 10.1. The minimum atomic E-state index is 0.800. The summed E-state index contributed by atoms with van der Waals surface area (Å²) in [6.07, 6.45) is 13.8. The van der Waals surface area contributed by atoms with Crippen LogP contribution in [0.25, 0.3) is 0 Å². The second kappa shape index (κ2) is 20.7. The molecule has 4 heteroatoms. The van der Waals surface area contributed by atoms with Crippen LogP contribution in [0.5, 0.6) is 5.75 Å². The number of hydrogen-bond acceptors (Lipinski definition) is 4. The monoisotopic (exact) mass is 519 g/mol. The van der Waals surface area contributed by atoms with E-state index in [0.29, 0.717) is 0 Å². The highest BCUT2D eigenvalue weighted by Gasteiger charge is 2.11. The van der Waals surface area contributed by atoms with Crippen molar-refractivity contribution < 1.29 is 4.74 Å². The van der Waals surface area contributed by atoms with Gasteiger partial charge in [-0.3, -0.25) is 4.98 Å². The Balaban J connectivity index is 0.000000449. The molecule has 1 heterocycles. The summed E-state index contributed by atoms with van der Waals surface area (Å²) in [6.45, 7) is 6.18. The topological polar surface area (TPSA) is 49.1 Å². The molecule has 0 atom stereocenters. The lowest BCUT2D eigenvalue weighted by Gasteiger charge is -2.25. The Kier molecular flexibility index (Phi) is 16.4. The summed E-state index contributed by atoms with van der Waals surface area (Å²) in [6, 6.07) is 36.8. The number of benzene rings is 3. The highest BCUT2D eigenvalue weighted by atomic mass is 16.5. The lowest BCUT2D eigenvalue weighted by atomic mass is 10.1. The van der Waals surface area contributed by atoms with Gasteiger partial charge in [0.15, 0.2) is 0 Å². The molecule has 0 amide bonds. The van der Waals surface area contributed by atoms with Crippen molar-refractivity contribution in [2.24, 2.45) is 0 Å². The fourth-order valence-corrected chi connectivity index (χ4v) is 3.85. The van der Waals surface area contributed by atoms with Crippen molar-refractivity contribution >= 4 is 17.1 Å². The summed E-state index contributed by atoms with van der Waals surface area (Å²) in [5.41, 5.74) is 3.43. The number of para-hydroxylation sites is 2. The van der Waals surface area contributed by atoms with Crippen molar-refractivity contribution in [3.05, 3.63) is 128 Å². The first-order valence-corrected chi connectivity index (χ1v) is 13.8. The first-order valence-electron chi connectivity index (χ1n) is 13.8. The van der Waals surface area contributed by atoms with Gasteiger partial charge < -0.3 is 9.64 Å². The minimum absolute atomic E-state index is 0.800. The number of rotatable bonds is 12. The zero-order valence-corrected chi connectivity index (χ0v) is 23.2. The van der Waals surface area contributed by atoms with E-state index >= 15 is 0 Å². The Morgan fingerprint density at radius 3 is 1.59 bits per heavy atom. The number of allylic oxidation sites excluding steroid dienone is 1. The summed E-state index contributed by atoms with van der Waals surface area (Å²) in [5.74, 6) is 0.945. The third-order valence-electron chi connectivity index (χ3n) is 5.80. The van der Waals surface area contributed by atoms with Gasteiger partial charge in [-0.1, -0.05) is 94.5 Å². The van der Waals surface area contributed by atoms with Crippen LogP contribution >= 0.6 is 0 Å². The van der Waals surface area contributed by atoms with Crippen LogP contribution in [0.1, 0.15) is 51.9 Å². The maximum atomic E-state index is 7.51. The van der Waals surface area contributed by atoms with E-state index in [0.717, 1.165) is 35.8 Å². The number of nitrogens with zero attached hydrogens (tertiary/aromatic N) is 3. The van der Waals surface area contributed by atoms with Crippen molar-refractivity contribution in [1.82, 2.24) is 4.98 Å². The van der Waals surface area contributed by atoms with Gasteiger partial charge in [-0.25, -0.2) is 0 Å². The zero-order valence-electron chi connectivity index (χ0n) is 23.2. The van der Waals surface area contributed by atoms with Crippen molar-refractivity contribution in [2.45, 2.75) is 51.9 Å². The van der Waals surface area contributed by atoms with Crippen molar-refractivity contribution in [2.75, 3.05) is 11.5 Å². The van der Waals surface area contributed by atoms with Crippen LogP contribution in [0, 0.1) is 11.3 Å². The van der Waals surface area contributed by atoms with Crippen LogP contribution in [0.3, 0.4) is 0 Å². The standard InChI is InChI=1S/C27H33NO.C5H5N.C3H3N/c1-2-3-4-5-6-7-14-23-29-27-21-19-26(20-22-27)28(24-15-10-8-11-16-24)25-17-12-9-13-18-25;1-2-4-6-5-3-1;1-2-3-4/h8-13,15-22H,2-7,14,23H2,1H3;1-5H;2H,1H2. The Hall–Kier alpha value is -4.36. The maximum absolute atomic E-state index is 7.51. The Bertz CT molecular complexity index is 1090. The first kappa shape index (κ1) is 30.9. The first-order chi connectivity index (χ1) is 19.3. The number of pyridine rings is 1. The Morgan fingerprint density at radius 2 is 1.15 bits per heavy atom. The SMILES string of the molecule is C=CC#N.CCCCCCCCCOc1ccc(N(c2ccccc2)c2ccccc2)cc1.c1ccncc1. The van der Waals surface area contributed by atoms with Gasteiger partial charge in [0, 0.05) is 35.5 Å². The maximum Gasteiger partial charge on any atom is 0.119 e. The fourth-order valence-electron chi connectivity index (χ4n) is 3.85. The molecule has 0 aliphatic heterocycles. The summed E-state index contributed by atoms with van der Waals surface area (Å²) in [7, 11) is 0. The molecule has 0 spiro atoms. The summed E-state index contributed by atoms with van der Waals surface area (Å²) in [5, 5.41) is 7.51. The second-order valence-corrected chi connectivity index (χ2v) is 8.83. The lowest BCUT2D eigenvalue weighted by molar-refractivity contribution is 0.304. The van der Waals surface area contributed by atoms with Crippen LogP contribution in [0.2, 0.25) is 0 Å². The molecular formula is C35H41N3O. The number of anilines is 3. The molecule has 4 rings (SSSR count). The second-order valence-electron chi connectivity index (χ2n) is 8.83. The van der Waals surface area contributed by atoms with Gasteiger partial charge >= 0.3 is 0 Å². The highest BCUT2D eigenvalue weighted by Crippen LogP contribution is 2.34. The predicted molar refractivity (Wildman–Crippen MR) is 165 cm³/mol. The molecule has 0 aliphatic rings. The molecule has 0 N–H and O–H groups in total. The number of nitriles is 1. The van der Waals surface area contributed by atoms with Gasteiger partial charge in [0.2, 0.25) is 0 Å². The average molecular weight is 520 g/mol. The molecule has 3 aromatic carbocycles. The molecule has 0 radical (unpaired) electrons. The summed E-state index contributed by atoms with van der Waals surface area (Å²) in [4.78, 5) is 6.05.